The van der Waals surface area contributed by atoms with Gasteiger partial charge in [0.15, 0.2) is 0 Å². The van der Waals surface area contributed by atoms with Gasteiger partial charge in [-0.15, -0.1) is 0 Å². The standard InChI is InChI=1S/C13H13FN2O3/c14-9-3-1-4-10(7-9)16-13(18)15-8-11(17)12-5-2-6-19-12/h1-7,11,17H,8H2,(H2,15,16,18). The lowest BCUT2D eigenvalue weighted by molar-refractivity contribution is 0.149. The van der Waals surface area contributed by atoms with E-state index in [9.17, 15) is 14.3 Å². The average Bonchev–Trinajstić information content (AvgIpc) is 2.90. The van der Waals surface area contributed by atoms with Crippen molar-refractivity contribution in [1.29, 1.82) is 0 Å². The third-order valence-electron chi connectivity index (χ3n) is 2.41. The molecule has 6 heteroatoms. The van der Waals surface area contributed by atoms with Crippen LogP contribution in [0.25, 0.3) is 0 Å². The summed E-state index contributed by atoms with van der Waals surface area (Å²) in [4.78, 5) is 11.5. The molecule has 0 radical (unpaired) electrons. The summed E-state index contributed by atoms with van der Waals surface area (Å²) in [7, 11) is 0. The number of benzene rings is 1. The maximum atomic E-state index is 12.9. The molecule has 1 unspecified atom stereocenters. The smallest absolute Gasteiger partial charge is 0.319 e. The van der Waals surface area contributed by atoms with Crippen LogP contribution in [0, 0.1) is 5.82 Å². The first-order valence-electron chi connectivity index (χ1n) is 5.67. The van der Waals surface area contributed by atoms with E-state index in [2.05, 4.69) is 10.6 Å². The lowest BCUT2D eigenvalue weighted by Gasteiger charge is -2.10. The van der Waals surface area contributed by atoms with Gasteiger partial charge in [0.25, 0.3) is 0 Å². The number of amides is 2. The number of halogens is 1. The molecule has 1 heterocycles. The molecule has 0 bridgehead atoms. The summed E-state index contributed by atoms with van der Waals surface area (Å²) in [6.07, 6.45) is 0.513. The van der Waals surface area contributed by atoms with Crippen molar-refractivity contribution in [3.05, 3.63) is 54.2 Å². The Labute approximate surface area is 109 Å². The van der Waals surface area contributed by atoms with E-state index in [1.807, 2.05) is 0 Å². The van der Waals surface area contributed by atoms with Gasteiger partial charge in [-0.05, 0) is 30.3 Å². The van der Waals surface area contributed by atoms with E-state index in [1.165, 1.54) is 24.5 Å². The summed E-state index contributed by atoms with van der Waals surface area (Å²) in [5.41, 5.74) is 0.338. The average molecular weight is 264 g/mol. The van der Waals surface area contributed by atoms with Gasteiger partial charge in [0.05, 0.1) is 12.8 Å². The fourth-order valence-electron chi connectivity index (χ4n) is 1.51. The monoisotopic (exact) mass is 264 g/mol. The summed E-state index contributed by atoms with van der Waals surface area (Å²) in [6.45, 7) is -0.00530. The minimum atomic E-state index is -0.923. The Kier molecular flexibility index (Phi) is 4.15. The first-order chi connectivity index (χ1) is 9.15. The van der Waals surface area contributed by atoms with Gasteiger partial charge in [-0.2, -0.15) is 0 Å². The molecular formula is C13H13FN2O3. The zero-order valence-electron chi connectivity index (χ0n) is 9.97. The quantitative estimate of drug-likeness (QED) is 0.793. The van der Waals surface area contributed by atoms with Crippen LogP contribution in [0.4, 0.5) is 14.9 Å². The normalized spacial score (nSPS) is 11.9. The molecule has 0 saturated heterocycles. The van der Waals surface area contributed by atoms with Gasteiger partial charge in [-0.3, -0.25) is 0 Å². The molecule has 0 aliphatic heterocycles. The molecule has 19 heavy (non-hydrogen) atoms. The van der Waals surface area contributed by atoms with E-state index < -0.39 is 18.0 Å². The molecule has 1 aromatic heterocycles. The minimum Gasteiger partial charge on any atom is -0.467 e. The third kappa shape index (κ3) is 3.82. The van der Waals surface area contributed by atoms with Crippen molar-refractivity contribution in [3.8, 4) is 0 Å². The zero-order chi connectivity index (χ0) is 13.7. The first kappa shape index (κ1) is 13.1. The Bertz CT molecular complexity index is 543. The largest absolute Gasteiger partial charge is 0.467 e. The summed E-state index contributed by atoms with van der Waals surface area (Å²) >= 11 is 0. The van der Waals surface area contributed by atoms with Gasteiger partial charge in [0, 0.05) is 5.69 Å². The number of carbonyl (C=O) groups excluding carboxylic acids is 1. The van der Waals surface area contributed by atoms with E-state index >= 15 is 0 Å². The number of carbonyl (C=O) groups is 1. The fraction of sp³-hybridized carbons (Fsp3) is 0.154. The summed E-state index contributed by atoms with van der Waals surface area (Å²) in [6, 6.07) is 8.25. The second-order valence-corrected chi connectivity index (χ2v) is 3.88. The molecule has 2 rings (SSSR count). The van der Waals surface area contributed by atoms with Gasteiger partial charge < -0.3 is 20.2 Å². The number of urea groups is 1. The van der Waals surface area contributed by atoms with Crippen LogP contribution >= 0.6 is 0 Å². The van der Waals surface area contributed by atoms with E-state index in [-0.39, 0.29) is 6.54 Å². The van der Waals surface area contributed by atoms with Crippen molar-refractivity contribution in [3.63, 3.8) is 0 Å². The SMILES string of the molecule is O=C(NCC(O)c1ccco1)Nc1cccc(F)c1. The maximum Gasteiger partial charge on any atom is 0.319 e. The van der Waals surface area contributed by atoms with Gasteiger partial charge in [-0.1, -0.05) is 6.07 Å². The predicted octanol–water partition coefficient (Wildman–Crippen LogP) is 2.27. The highest BCUT2D eigenvalue weighted by Crippen LogP contribution is 2.12. The molecule has 5 nitrogen and oxygen atoms in total. The Hall–Kier alpha value is -2.34. The highest BCUT2D eigenvalue weighted by Gasteiger charge is 2.11. The van der Waals surface area contributed by atoms with Crippen LogP contribution in [-0.4, -0.2) is 17.7 Å². The Morgan fingerprint density at radius 2 is 2.21 bits per heavy atom. The molecule has 2 amide bonds. The topological polar surface area (TPSA) is 74.5 Å². The van der Waals surface area contributed by atoms with Crippen LogP contribution in [0.15, 0.2) is 47.1 Å². The number of hydrogen-bond acceptors (Lipinski definition) is 3. The molecule has 0 saturated carbocycles. The van der Waals surface area contributed by atoms with Gasteiger partial charge in [-0.25, -0.2) is 9.18 Å². The van der Waals surface area contributed by atoms with E-state index in [4.69, 9.17) is 4.42 Å². The van der Waals surface area contributed by atoms with Crippen LogP contribution < -0.4 is 10.6 Å². The summed E-state index contributed by atoms with van der Waals surface area (Å²) < 4.78 is 17.9. The molecular weight excluding hydrogens is 251 g/mol. The maximum absolute atomic E-state index is 12.9. The summed E-state index contributed by atoms with van der Waals surface area (Å²) in [5.74, 6) is -0.0699. The molecule has 2 aromatic rings. The Balaban J connectivity index is 1.82. The summed E-state index contributed by atoms with van der Waals surface area (Å²) in [5, 5.41) is 14.6. The van der Waals surface area contributed by atoms with Crippen LogP contribution in [0.3, 0.4) is 0 Å². The van der Waals surface area contributed by atoms with Crippen molar-refractivity contribution in [2.45, 2.75) is 6.10 Å². The molecule has 3 N–H and O–H groups in total. The first-order valence-corrected chi connectivity index (χ1v) is 5.67. The minimum absolute atomic E-state index is 0.00530. The van der Waals surface area contributed by atoms with Crippen molar-refractivity contribution in [2.75, 3.05) is 11.9 Å². The lowest BCUT2D eigenvalue weighted by Crippen LogP contribution is -2.32. The van der Waals surface area contributed by atoms with E-state index in [0.717, 1.165) is 0 Å². The molecule has 100 valence electrons. The molecule has 1 aromatic carbocycles. The highest BCUT2D eigenvalue weighted by molar-refractivity contribution is 5.89. The van der Waals surface area contributed by atoms with Crippen LogP contribution in [0.5, 0.6) is 0 Å². The van der Waals surface area contributed by atoms with Gasteiger partial charge in [0.2, 0.25) is 0 Å². The molecule has 0 spiro atoms. The fourth-order valence-corrected chi connectivity index (χ4v) is 1.51. The van der Waals surface area contributed by atoms with Gasteiger partial charge >= 0.3 is 6.03 Å². The second-order valence-electron chi connectivity index (χ2n) is 3.88. The number of furan rings is 1. The van der Waals surface area contributed by atoms with Crippen LogP contribution in [0.2, 0.25) is 0 Å². The van der Waals surface area contributed by atoms with Gasteiger partial charge in [0.1, 0.15) is 17.7 Å². The van der Waals surface area contributed by atoms with Crippen molar-refractivity contribution < 1.29 is 18.7 Å². The van der Waals surface area contributed by atoms with E-state index in [1.54, 1.807) is 18.2 Å². The lowest BCUT2D eigenvalue weighted by atomic mass is 10.3. The molecule has 0 aliphatic carbocycles. The number of aliphatic hydroxyl groups is 1. The third-order valence-corrected chi connectivity index (χ3v) is 2.41. The Morgan fingerprint density at radius 1 is 1.37 bits per heavy atom. The number of rotatable bonds is 4. The van der Waals surface area contributed by atoms with Crippen LogP contribution in [0.1, 0.15) is 11.9 Å². The predicted molar refractivity (Wildman–Crippen MR) is 67.1 cm³/mol. The molecule has 1 atom stereocenters. The number of anilines is 1. The molecule has 0 fully saturated rings. The number of aliphatic hydroxyl groups excluding tert-OH is 1. The molecule has 0 aliphatic rings. The number of hydrogen-bond donors (Lipinski definition) is 3. The Morgan fingerprint density at radius 3 is 2.89 bits per heavy atom. The second kappa shape index (κ2) is 6.01. The van der Waals surface area contributed by atoms with Crippen LogP contribution in [-0.2, 0) is 0 Å². The van der Waals surface area contributed by atoms with E-state index in [0.29, 0.717) is 11.4 Å². The highest BCUT2D eigenvalue weighted by atomic mass is 19.1. The number of nitrogens with one attached hydrogen (secondary N) is 2. The van der Waals surface area contributed by atoms with Crippen molar-refractivity contribution in [1.82, 2.24) is 5.32 Å². The zero-order valence-corrected chi connectivity index (χ0v) is 9.97. The van der Waals surface area contributed by atoms with Crippen molar-refractivity contribution >= 4 is 11.7 Å². The van der Waals surface area contributed by atoms with Crippen molar-refractivity contribution in [2.24, 2.45) is 0 Å².